The lowest BCUT2D eigenvalue weighted by Crippen LogP contribution is -2.42. The number of hydrogen-bond donors (Lipinski definition) is 3. The Bertz CT molecular complexity index is 126. The maximum atomic E-state index is 10.9. The van der Waals surface area contributed by atoms with E-state index in [1.165, 1.54) is 0 Å². The summed E-state index contributed by atoms with van der Waals surface area (Å²) in [6, 6.07) is -0.292. The molecule has 11 heavy (non-hydrogen) atoms. The summed E-state index contributed by atoms with van der Waals surface area (Å²) in [5, 5.41) is 11.1. The molecule has 0 radical (unpaired) electrons. The number of carbonyl (C=O) groups is 1. The quantitative estimate of drug-likeness (QED) is 0.404. The second-order valence-corrected chi connectivity index (χ2v) is 2.95. The number of hydrogen-bond acceptors (Lipinski definition) is 3. The molecule has 0 aromatic heterocycles. The van der Waals surface area contributed by atoms with Gasteiger partial charge in [-0.25, -0.2) is 5.48 Å². The fourth-order valence-corrected chi connectivity index (χ4v) is 0.905. The third-order valence-electron chi connectivity index (χ3n) is 1.48. The zero-order valence-corrected chi connectivity index (χ0v) is 7.22. The number of amides is 1. The van der Waals surface area contributed by atoms with Crippen molar-refractivity contribution in [3.8, 4) is 0 Å². The minimum Gasteiger partial charge on any atom is -0.309 e. The average Bonchev–Trinajstić information content (AvgIpc) is 1.98. The van der Waals surface area contributed by atoms with Crippen LogP contribution in [0.2, 0.25) is 0 Å². The van der Waals surface area contributed by atoms with Crippen LogP contribution >= 0.6 is 0 Å². The molecule has 0 heterocycles. The monoisotopic (exact) mass is 160 g/mol. The number of carbonyl (C=O) groups excluding carboxylic acids is 1. The molecule has 0 rings (SSSR count). The van der Waals surface area contributed by atoms with Crippen LogP contribution in [0, 0.1) is 5.92 Å². The molecule has 4 heteroatoms. The zero-order valence-electron chi connectivity index (χ0n) is 7.22. The molecule has 4 nitrogen and oxygen atoms in total. The van der Waals surface area contributed by atoms with Gasteiger partial charge in [0, 0.05) is 0 Å². The molecule has 1 unspecified atom stereocenters. The summed E-state index contributed by atoms with van der Waals surface area (Å²) in [6.07, 6.45) is 0.725. The number of likely N-dealkylation sites (N-methyl/N-ethyl adjacent to an activating group) is 1. The molecular formula is C7H16N2O2. The lowest BCUT2D eigenvalue weighted by molar-refractivity contribution is -0.131. The van der Waals surface area contributed by atoms with Gasteiger partial charge in [-0.05, 0) is 19.4 Å². The SMILES string of the molecule is CNC(CC(C)C)C(=O)NO. The van der Waals surface area contributed by atoms with Crippen molar-refractivity contribution in [2.45, 2.75) is 26.3 Å². The topological polar surface area (TPSA) is 61.4 Å². The maximum absolute atomic E-state index is 10.9. The molecule has 0 aliphatic rings. The highest BCUT2D eigenvalue weighted by Gasteiger charge is 2.16. The normalized spacial score (nSPS) is 13.2. The van der Waals surface area contributed by atoms with Crippen LogP contribution in [0.3, 0.4) is 0 Å². The first-order valence-electron chi connectivity index (χ1n) is 3.73. The predicted molar refractivity (Wildman–Crippen MR) is 42.2 cm³/mol. The molecule has 0 aromatic carbocycles. The van der Waals surface area contributed by atoms with Gasteiger partial charge >= 0.3 is 0 Å². The summed E-state index contributed by atoms with van der Waals surface area (Å²) >= 11 is 0. The molecule has 3 N–H and O–H groups in total. The van der Waals surface area contributed by atoms with Crippen molar-refractivity contribution in [1.29, 1.82) is 0 Å². The molecule has 0 aliphatic heterocycles. The van der Waals surface area contributed by atoms with Gasteiger partial charge in [-0.15, -0.1) is 0 Å². The molecule has 1 atom stereocenters. The van der Waals surface area contributed by atoms with Crippen LogP contribution in [-0.2, 0) is 4.79 Å². The Morgan fingerprint density at radius 3 is 2.36 bits per heavy atom. The van der Waals surface area contributed by atoms with E-state index in [0.717, 1.165) is 6.42 Å². The molecule has 0 aliphatic carbocycles. The van der Waals surface area contributed by atoms with Crippen LogP contribution in [0.25, 0.3) is 0 Å². The highest BCUT2D eigenvalue weighted by Crippen LogP contribution is 2.03. The van der Waals surface area contributed by atoms with Gasteiger partial charge in [-0.2, -0.15) is 0 Å². The largest absolute Gasteiger partial charge is 0.309 e. The van der Waals surface area contributed by atoms with Gasteiger partial charge < -0.3 is 5.32 Å². The van der Waals surface area contributed by atoms with E-state index in [9.17, 15) is 4.79 Å². The summed E-state index contributed by atoms with van der Waals surface area (Å²) in [5.41, 5.74) is 1.62. The van der Waals surface area contributed by atoms with Crippen LogP contribution in [0.1, 0.15) is 20.3 Å². The fraction of sp³-hybridized carbons (Fsp3) is 0.857. The lowest BCUT2D eigenvalue weighted by atomic mass is 10.0. The van der Waals surface area contributed by atoms with Crippen molar-refractivity contribution < 1.29 is 10.0 Å². The predicted octanol–water partition coefficient (Wildman–Crippen LogP) is 0.126. The van der Waals surface area contributed by atoms with Crippen LogP contribution in [0.4, 0.5) is 0 Å². The maximum Gasteiger partial charge on any atom is 0.260 e. The number of hydroxylamine groups is 1. The van der Waals surface area contributed by atoms with E-state index in [2.05, 4.69) is 5.32 Å². The van der Waals surface area contributed by atoms with Crippen LogP contribution < -0.4 is 10.8 Å². The van der Waals surface area contributed by atoms with Gasteiger partial charge in [0.1, 0.15) is 0 Å². The van der Waals surface area contributed by atoms with E-state index in [-0.39, 0.29) is 11.9 Å². The molecule has 0 spiro atoms. The standard InChI is InChI=1S/C7H16N2O2/c1-5(2)4-6(8-3)7(10)9-11/h5-6,8,11H,4H2,1-3H3,(H,9,10). The van der Waals surface area contributed by atoms with Crippen molar-refractivity contribution >= 4 is 5.91 Å². The Hall–Kier alpha value is -0.610. The second kappa shape index (κ2) is 5.09. The van der Waals surface area contributed by atoms with Gasteiger partial charge in [0.2, 0.25) is 0 Å². The van der Waals surface area contributed by atoms with Crippen molar-refractivity contribution in [3.63, 3.8) is 0 Å². The lowest BCUT2D eigenvalue weighted by Gasteiger charge is -2.15. The second-order valence-electron chi connectivity index (χ2n) is 2.95. The Balaban J connectivity index is 3.84. The van der Waals surface area contributed by atoms with E-state index >= 15 is 0 Å². The van der Waals surface area contributed by atoms with Crippen molar-refractivity contribution in [3.05, 3.63) is 0 Å². The minimum atomic E-state index is -0.374. The molecule has 0 aromatic rings. The van der Waals surface area contributed by atoms with Crippen LogP contribution in [0.15, 0.2) is 0 Å². The molecular weight excluding hydrogens is 144 g/mol. The summed E-state index contributed by atoms with van der Waals surface area (Å²) < 4.78 is 0. The van der Waals surface area contributed by atoms with Crippen molar-refractivity contribution in [1.82, 2.24) is 10.8 Å². The minimum absolute atomic E-state index is 0.292. The molecule has 66 valence electrons. The molecule has 0 bridgehead atoms. The Kier molecular flexibility index (Phi) is 4.81. The van der Waals surface area contributed by atoms with Gasteiger partial charge in [0.15, 0.2) is 0 Å². The first kappa shape index (κ1) is 10.4. The molecule has 0 saturated carbocycles. The van der Waals surface area contributed by atoms with Gasteiger partial charge in [0.05, 0.1) is 6.04 Å². The highest BCUT2D eigenvalue weighted by molar-refractivity contribution is 5.80. The third kappa shape index (κ3) is 3.95. The third-order valence-corrected chi connectivity index (χ3v) is 1.48. The Morgan fingerprint density at radius 1 is 1.55 bits per heavy atom. The van der Waals surface area contributed by atoms with Gasteiger partial charge in [-0.1, -0.05) is 13.8 Å². The Morgan fingerprint density at radius 2 is 2.09 bits per heavy atom. The van der Waals surface area contributed by atoms with Crippen molar-refractivity contribution in [2.24, 2.45) is 5.92 Å². The van der Waals surface area contributed by atoms with Crippen LogP contribution in [-0.4, -0.2) is 24.2 Å². The summed E-state index contributed by atoms with van der Waals surface area (Å²) in [7, 11) is 1.70. The Labute approximate surface area is 66.9 Å². The fourth-order valence-electron chi connectivity index (χ4n) is 0.905. The first-order valence-corrected chi connectivity index (χ1v) is 3.73. The van der Waals surface area contributed by atoms with Crippen LogP contribution in [0.5, 0.6) is 0 Å². The van der Waals surface area contributed by atoms with E-state index in [1.54, 1.807) is 12.5 Å². The summed E-state index contributed by atoms with van der Waals surface area (Å²) in [6.45, 7) is 4.05. The van der Waals surface area contributed by atoms with Gasteiger partial charge in [0.25, 0.3) is 5.91 Å². The van der Waals surface area contributed by atoms with E-state index in [1.807, 2.05) is 13.8 Å². The van der Waals surface area contributed by atoms with E-state index in [0.29, 0.717) is 5.92 Å². The zero-order chi connectivity index (χ0) is 8.85. The van der Waals surface area contributed by atoms with Crippen molar-refractivity contribution in [2.75, 3.05) is 7.05 Å². The van der Waals surface area contributed by atoms with E-state index in [4.69, 9.17) is 5.21 Å². The highest BCUT2D eigenvalue weighted by atomic mass is 16.5. The smallest absolute Gasteiger partial charge is 0.260 e. The molecule has 1 amide bonds. The number of rotatable bonds is 4. The summed E-state index contributed by atoms with van der Waals surface area (Å²) in [4.78, 5) is 10.9. The number of nitrogens with one attached hydrogen (secondary N) is 2. The average molecular weight is 160 g/mol. The molecule has 0 fully saturated rings. The molecule has 0 saturated heterocycles. The van der Waals surface area contributed by atoms with Gasteiger partial charge in [-0.3, -0.25) is 10.0 Å². The first-order chi connectivity index (χ1) is 5.11. The van der Waals surface area contributed by atoms with E-state index < -0.39 is 0 Å². The summed E-state index contributed by atoms with van der Waals surface area (Å²) in [5.74, 6) is 0.0611.